The Hall–Kier alpha value is -3.10. The third kappa shape index (κ3) is 3.57. The van der Waals surface area contributed by atoms with E-state index >= 15 is 0 Å². The maximum absolute atomic E-state index is 12.6. The van der Waals surface area contributed by atoms with Crippen LogP contribution < -0.4 is 0 Å². The Labute approximate surface area is 157 Å². The number of carbonyl (C=O) groups is 1. The van der Waals surface area contributed by atoms with E-state index in [4.69, 9.17) is 0 Å². The number of hydrogen-bond donors (Lipinski definition) is 0. The van der Waals surface area contributed by atoms with Gasteiger partial charge >= 0.3 is 0 Å². The molecule has 9 heteroatoms. The summed E-state index contributed by atoms with van der Waals surface area (Å²) < 4.78 is 3.88. The molecular formula is C18H22N8O. The molecule has 140 valence electrons. The van der Waals surface area contributed by atoms with Crippen LogP contribution in [0.4, 0.5) is 0 Å². The molecule has 1 aliphatic rings. The highest BCUT2D eigenvalue weighted by atomic mass is 16.2. The average Bonchev–Trinajstić information content (AvgIpc) is 3.33. The summed E-state index contributed by atoms with van der Waals surface area (Å²) in [5.41, 5.74) is 1.21. The number of carbonyl (C=O) groups excluding carboxylic acids is 1. The summed E-state index contributed by atoms with van der Waals surface area (Å²) >= 11 is 0. The maximum Gasteiger partial charge on any atom is 0.274 e. The smallest absolute Gasteiger partial charge is 0.274 e. The van der Waals surface area contributed by atoms with E-state index in [1.807, 2.05) is 35.8 Å². The van der Waals surface area contributed by atoms with Gasteiger partial charge in [0.25, 0.3) is 5.91 Å². The molecule has 0 unspecified atom stereocenters. The zero-order chi connectivity index (χ0) is 18.8. The van der Waals surface area contributed by atoms with Crippen LogP contribution in [0.3, 0.4) is 0 Å². The normalized spacial score (nSPS) is 15.3. The molecular weight excluding hydrogens is 344 g/mol. The van der Waals surface area contributed by atoms with Crippen molar-refractivity contribution in [2.75, 3.05) is 13.1 Å². The second kappa shape index (κ2) is 7.26. The lowest BCUT2D eigenvalue weighted by Gasteiger charge is -2.31. The van der Waals surface area contributed by atoms with Gasteiger partial charge in [-0.1, -0.05) is 0 Å². The highest BCUT2D eigenvalue weighted by molar-refractivity contribution is 5.92. The molecule has 4 rings (SSSR count). The molecule has 1 fully saturated rings. The Balaban J connectivity index is 1.40. The van der Waals surface area contributed by atoms with Crippen LogP contribution in [0.2, 0.25) is 0 Å². The van der Waals surface area contributed by atoms with Crippen LogP contribution in [-0.2, 0) is 13.6 Å². The van der Waals surface area contributed by atoms with Gasteiger partial charge in [-0.3, -0.25) is 14.5 Å². The summed E-state index contributed by atoms with van der Waals surface area (Å²) in [5, 5.41) is 13.0. The van der Waals surface area contributed by atoms with Gasteiger partial charge in [-0.25, -0.2) is 4.98 Å². The summed E-state index contributed by atoms with van der Waals surface area (Å²) in [5.74, 6) is 2.09. The molecule has 3 aromatic rings. The van der Waals surface area contributed by atoms with Crippen LogP contribution in [-0.4, -0.2) is 58.4 Å². The number of hydrogen-bond acceptors (Lipinski definition) is 6. The summed E-state index contributed by atoms with van der Waals surface area (Å²) in [7, 11) is 1.99. The van der Waals surface area contributed by atoms with Crippen molar-refractivity contribution in [1.82, 2.24) is 39.4 Å². The standard InChI is InChI=1S/C18H22N8O/c1-13-10-20-15(11-19-13)18(27)25-8-4-14(5-9-25)17-23-22-16(24(17)2)12-26-7-3-6-21-26/h3,6-7,10-11,14H,4-5,8-9,12H2,1-2H3. The minimum atomic E-state index is -0.0571. The Kier molecular flexibility index (Phi) is 4.66. The van der Waals surface area contributed by atoms with Crippen LogP contribution in [0.5, 0.6) is 0 Å². The van der Waals surface area contributed by atoms with Gasteiger partial charge in [0.1, 0.15) is 18.1 Å². The van der Waals surface area contributed by atoms with E-state index < -0.39 is 0 Å². The SMILES string of the molecule is Cc1cnc(C(=O)N2CCC(c3nnc(Cn4cccn4)n3C)CC2)cn1. The lowest BCUT2D eigenvalue weighted by Crippen LogP contribution is -2.38. The number of likely N-dealkylation sites (tertiary alicyclic amines) is 1. The molecule has 1 aliphatic heterocycles. The van der Waals surface area contributed by atoms with E-state index in [9.17, 15) is 4.79 Å². The summed E-state index contributed by atoms with van der Waals surface area (Å²) in [6, 6.07) is 1.89. The van der Waals surface area contributed by atoms with Gasteiger partial charge < -0.3 is 9.47 Å². The van der Waals surface area contributed by atoms with E-state index in [1.165, 1.54) is 0 Å². The predicted molar refractivity (Wildman–Crippen MR) is 97.0 cm³/mol. The molecule has 0 N–H and O–H groups in total. The van der Waals surface area contributed by atoms with Gasteiger partial charge in [0, 0.05) is 44.6 Å². The number of rotatable bonds is 4. The molecule has 0 aromatic carbocycles. The van der Waals surface area contributed by atoms with Gasteiger partial charge in [-0.05, 0) is 25.8 Å². The van der Waals surface area contributed by atoms with E-state index in [2.05, 4.69) is 29.8 Å². The van der Waals surface area contributed by atoms with Crippen molar-refractivity contribution in [2.24, 2.45) is 7.05 Å². The molecule has 1 saturated heterocycles. The molecule has 0 saturated carbocycles. The first-order valence-corrected chi connectivity index (χ1v) is 9.05. The van der Waals surface area contributed by atoms with Crippen LogP contribution in [0.1, 0.15) is 46.6 Å². The van der Waals surface area contributed by atoms with Crippen molar-refractivity contribution in [1.29, 1.82) is 0 Å². The monoisotopic (exact) mass is 366 g/mol. The van der Waals surface area contributed by atoms with E-state index in [0.29, 0.717) is 31.2 Å². The zero-order valence-electron chi connectivity index (χ0n) is 15.5. The fraction of sp³-hybridized carbons (Fsp3) is 0.444. The first-order valence-electron chi connectivity index (χ1n) is 9.05. The molecule has 4 heterocycles. The highest BCUT2D eigenvalue weighted by Crippen LogP contribution is 2.27. The van der Waals surface area contributed by atoms with Crippen molar-refractivity contribution in [3.8, 4) is 0 Å². The summed E-state index contributed by atoms with van der Waals surface area (Å²) in [6.07, 6.45) is 8.56. The van der Waals surface area contributed by atoms with Crippen molar-refractivity contribution >= 4 is 5.91 Å². The molecule has 0 spiro atoms. The van der Waals surface area contributed by atoms with Crippen LogP contribution in [0.25, 0.3) is 0 Å². The minimum absolute atomic E-state index is 0.0571. The van der Waals surface area contributed by atoms with Crippen molar-refractivity contribution in [2.45, 2.75) is 32.2 Å². The molecule has 0 atom stereocenters. The Morgan fingerprint density at radius 1 is 1.19 bits per heavy atom. The van der Waals surface area contributed by atoms with Crippen LogP contribution in [0.15, 0.2) is 30.9 Å². The van der Waals surface area contributed by atoms with Gasteiger partial charge in [-0.15, -0.1) is 10.2 Å². The molecule has 0 aliphatic carbocycles. The van der Waals surface area contributed by atoms with Crippen LogP contribution >= 0.6 is 0 Å². The zero-order valence-corrected chi connectivity index (χ0v) is 15.5. The molecule has 27 heavy (non-hydrogen) atoms. The van der Waals surface area contributed by atoms with Gasteiger partial charge in [-0.2, -0.15) is 5.10 Å². The third-order valence-electron chi connectivity index (χ3n) is 5.01. The second-order valence-corrected chi connectivity index (χ2v) is 6.85. The van der Waals surface area contributed by atoms with Crippen LogP contribution in [0, 0.1) is 6.92 Å². The maximum atomic E-state index is 12.6. The first kappa shape index (κ1) is 17.3. The Morgan fingerprint density at radius 3 is 2.67 bits per heavy atom. The molecule has 0 bridgehead atoms. The molecule has 9 nitrogen and oxygen atoms in total. The fourth-order valence-electron chi connectivity index (χ4n) is 3.41. The van der Waals surface area contributed by atoms with E-state index in [-0.39, 0.29) is 5.91 Å². The van der Waals surface area contributed by atoms with Gasteiger partial charge in [0.15, 0.2) is 5.82 Å². The van der Waals surface area contributed by atoms with Crippen molar-refractivity contribution < 1.29 is 4.79 Å². The van der Waals surface area contributed by atoms with Crippen molar-refractivity contribution in [3.05, 3.63) is 53.9 Å². The Bertz CT molecular complexity index is 908. The second-order valence-electron chi connectivity index (χ2n) is 6.85. The van der Waals surface area contributed by atoms with Gasteiger partial charge in [0.05, 0.1) is 11.9 Å². The molecule has 1 amide bonds. The number of aromatic nitrogens is 7. The number of piperidine rings is 1. The summed E-state index contributed by atoms with van der Waals surface area (Å²) in [6.45, 7) is 3.81. The Morgan fingerprint density at radius 2 is 2.00 bits per heavy atom. The number of aryl methyl sites for hydroxylation is 1. The lowest BCUT2D eigenvalue weighted by atomic mass is 9.95. The quantitative estimate of drug-likeness (QED) is 0.688. The van der Waals surface area contributed by atoms with Gasteiger partial charge in [0.2, 0.25) is 0 Å². The largest absolute Gasteiger partial charge is 0.337 e. The third-order valence-corrected chi connectivity index (χ3v) is 5.01. The average molecular weight is 366 g/mol. The van der Waals surface area contributed by atoms with E-state index in [1.54, 1.807) is 18.6 Å². The highest BCUT2D eigenvalue weighted by Gasteiger charge is 2.28. The van der Waals surface area contributed by atoms with Crippen molar-refractivity contribution in [3.63, 3.8) is 0 Å². The molecule has 3 aromatic heterocycles. The number of amides is 1. The minimum Gasteiger partial charge on any atom is -0.337 e. The fourth-order valence-corrected chi connectivity index (χ4v) is 3.41. The topological polar surface area (TPSA) is 94.6 Å². The first-order chi connectivity index (χ1) is 13.1. The lowest BCUT2D eigenvalue weighted by molar-refractivity contribution is 0.0704. The predicted octanol–water partition coefficient (Wildman–Crippen LogP) is 1.18. The molecule has 0 radical (unpaired) electrons. The number of nitrogens with zero attached hydrogens (tertiary/aromatic N) is 8. The van der Waals surface area contributed by atoms with E-state index in [0.717, 1.165) is 30.2 Å². The summed E-state index contributed by atoms with van der Waals surface area (Å²) in [4.78, 5) is 22.8.